The largest absolute Gasteiger partial charge is 0.357 e. The molecular weight excluding hydrogens is 458 g/mol. The van der Waals surface area contributed by atoms with Gasteiger partial charge in [-0.3, -0.25) is 9.79 Å². The number of hydrogen-bond acceptors (Lipinski definition) is 2. The Bertz CT molecular complexity index is 627. The summed E-state index contributed by atoms with van der Waals surface area (Å²) in [5, 5.41) is 3.30. The second-order valence-electron chi connectivity index (χ2n) is 7.34. The van der Waals surface area contributed by atoms with Gasteiger partial charge in [0.25, 0.3) is 0 Å². The predicted molar refractivity (Wildman–Crippen MR) is 119 cm³/mol. The molecule has 27 heavy (non-hydrogen) atoms. The molecule has 0 aliphatic heterocycles. The number of hydrogen-bond donors (Lipinski definition) is 1. The topological polar surface area (TPSA) is 47.9 Å². The number of halogens is 2. The Labute approximate surface area is 179 Å². The molecule has 2 rings (SSSR count). The highest BCUT2D eigenvalue weighted by molar-refractivity contribution is 14.0. The minimum atomic E-state index is -0.374. The number of aliphatic imine (C=N–C) groups is 1. The van der Waals surface area contributed by atoms with Crippen LogP contribution in [0.5, 0.6) is 0 Å². The van der Waals surface area contributed by atoms with Crippen molar-refractivity contribution in [3.05, 3.63) is 35.6 Å². The van der Waals surface area contributed by atoms with Gasteiger partial charge < -0.3 is 15.1 Å². The molecule has 0 unspecified atom stereocenters. The summed E-state index contributed by atoms with van der Waals surface area (Å²) in [6.07, 6.45) is 3.96. The summed E-state index contributed by atoms with van der Waals surface area (Å²) < 4.78 is 13.1. The summed E-state index contributed by atoms with van der Waals surface area (Å²) >= 11 is 0. The molecule has 1 aliphatic rings. The number of nitrogens with one attached hydrogen (secondary N) is 1. The fourth-order valence-electron chi connectivity index (χ4n) is 3.60. The predicted octanol–water partition coefficient (Wildman–Crippen LogP) is 3.49. The molecule has 0 saturated heterocycles. The van der Waals surface area contributed by atoms with Crippen molar-refractivity contribution in [2.75, 3.05) is 34.2 Å². The lowest BCUT2D eigenvalue weighted by molar-refractivity contribution is -0.138. The molecular formula is C20H32FIN4O. The molecule has 0 radical (unpaired) electrons. The highest BCUT2D eigenvalue weighted by Gasteiger charge is 2.42. The van der Waals surface area contributed by atoms with E-state index in [1.54, 1.807) is 17.0 Å². The van der Waals surface area contributed by atoms with E-state index in [9.17, 15) is 9.18 Å². The number of carbonyl (C=O) groups excluding carboxylic acids is 1. The average Bonchev–Trinajstić information content (AvgIpc) is 3.09. The summed E-state index contributed by atoms with van der Waals surface area (Å²) in [4.78, 5) is 21.2. The highest BCUT2D eigenvalue weighted by atomic mass is 127. The summed E-state index contributed by atoms with van der Waals surface area (Å²) in [5.41, 5.74) is 0.639. The van der Waals surface area contributed by atoms with Crippen LogP contribution in [0.2, 0.25) is 0 Å². The molecule has 1 saturated carbocycles. The van der Waals surface area contributed by atoms with E-state index in [2.05, 4.69) is 5.32 Å². The van der Waals surface area contributed by atoms with Crippen LogP contribution in [0.1, 0.15) is 38.2 Å². The molecule has 0 aromatic heterocycles. The lowest BCUT2D eigenvalue weighted by atomic mass is 9.85. The van der Waals surface area contributed by atoms with Crippen LogP contribution in [0.4, 0.5) is 4.39 Å². The van der Waals surface area contributed by atoms with Gasteiger partial charge in [-0.15, -0.1) is 24.0 Å². The van der Waals surface area contributed by atoms with Crippen molar-refractivity contribution in [3.63, 3.8) is 0 Å². The maximum atomic E-state index is 13.1. The quantitative estimate of drug-likeness (QED) is 0.378. The SMILES string of the molecule is CCNC(=NCC1(C(=O)N(C)C)CCCC1)N(C)Cc1ccc(F)cc1.I. The zero-order chi connectivity index (χ0) is 19.2. The first-order chi connectivity index (χ1) is 12.4. The maximum Gasteiger partial charge on any atom is 0.230 e. The molecule has 1 aromatic carbocycles. The van der Waals surface area contributed by atoms with Crippen molar-refractivity contribution in [2.45, 2.75) is 39.2 Å². The molecule has 1 aromatic rings. The van der Waals surface area contributed by atoms with Gasteiger partial charge in [0.05, 0.1) is 12.0 Å². The zero-order valence-corrected chi connectivity index (χ0v) is 19.1. The minimum Gasteiger partial charge on any atom is -0.357 e. The number of nitrogens with zero attached hydrogens (tertiary/aromatic N) is 3. The van der Waals surface area contributed by atoms with Gasteiger partial charge in [0.2, 0.25) is 5.91 Å². The van der Waals surface area contributed by atoms with Crippen LogP contribution in [0.25, 0.3) is 0 Å². The third-order valence-electron chi connectivity index (χ3n) is 4.98. The van der Waals surface area contributed by atoms with Gasteiger partial charge in [-0.1, -0.05) is 25.0 Å². The Hall–Kier alpha value is -1.38. The van der Waals surface area contributed by atoms with E-state index in [0.717, 1.165) is 43.8 Å². The van der Waals surface area contributed by atoms with Crippen molar-refractivity contribution < 1.29 is 9.18 Å². The molecule has 1 fully saturated rings. The summed E-state index contributed by atoms with van der Waals surface area (Å²) in [5.74, 6) is 0.716. The molecule has 1 amide bonds. The Morgan fingerprint density at radius 3 is 2.30 bits per heavy atom. The number of carbonyl (C=O) groups is 1. The first-order valence-electron chi connectivity index (χ1n) is 9.33. The summed E-state index contributed by atoms with van der Waals surface area (Å²) in [6, 6.07) is 6.50. The Morgan fingerprint density at radius 1 is 1.19 bits per heavy atom. The van der Waals surface area contributed by atoms with Crippen LogP contribution in [0, 0.1) is 11.2 Å². The number of benzene rings is 1. The van der Waals surface area contributed by atoms with Gasteiger partial charge >= 0.3 is 0 Å². The second kappa shape index (κ2) is 10.8. The molecule has 0 bridgehead atoms. The first kappa shape index (κ1) is 23.7. The van der Waals surface area contributed by atoms with Crippen molar-refractivity contribution in [3.8, 4) is 0 Å². The van der Waals surface area contributed by atoms with E-state index < -0.39 is 0 Å². The van der Waals surface area contributed by atoms with Gasteiger partial charge in [0.1, 0.15) is 5.82 Å². The third-order valence-corrected chi connectivity index (χ3v) is 4.98. The molecule has 0 spiro atoms. The first-order valence-corrected chi connectivity index (χ1v) is 9.33. The second-order valence-corrected chi connectivity index (χ2v) is 7.34. The van der Waals surface area contributed by atoms with Crippen LogP contribution < -0.4 is 5.32 Å². The van der Waals surface area contributed by atoms with Crippen LogP contribution in [0.3, 0.4) is 0 Å². The smallest absolute Gasteiger partial charge is 0.230 e. The molecule has 5 nitrogen and oxygen atoms in total. The van der Waals surface area contributed by atoms with E-state index in [1.165, 1.54) is 12.1 Å². The van der Waals surface area contributed by atoms with E-state index in [0.29, 0.717) is 13.1 Å². The number of guanidine groups is 1. The molecule has 0 atom stereocenters. The van der Waals surface area contributed by atoms with Gasteiger partial charge in [0.15, 0.2) is 5.96 Å². The molecule has 0 heterocycles. The Kier molecular flexibility index (Phi) is 9.49. The van der Waals surface area contributed by atoms with Crippen LogP contribution in [-0.2, 0) is 11.3 Å². The standard InChI is InChI=1S/C20H31FN4O.HI/c1-5-22-19(25(4)14-16-8-10-17(21)11-9-16)23-15-20(12-6-7-13-20)18(26)24(2)3;/h8-11H,5-7,12-15H2,1-4H3,(H,22,23);1H. The fourth-order valence-corrected chi connectivity index (χ4v) is 3.60. The zero-order valence-electron chi connectivity index (χ0n) is 16.8. The van der Waals surface area contributed by atoms with Gasteiger partial charge in [0, 0.05) is 34.2 Å². The molecule has 1 aliphatic carbocycles. The average molecular weight is 490 g/mol. The Morgan fingerprint density at radius 2 is 1.78 bits per heavy atom. The van der Waals surface area contributed by atoms with Crippen LogP contribution in [0.15, 0.2) is 29.3 Å². The van der Waals surface area contributed by atoms with E-state index in [4.69, 9.17) is 4.99 Å². The Balaban J connectivity index is 0.00000364. The highest BCUT2D eigenvalue weighted by Crippen LogP contribution is 2.39. The fraction of sp³-hybridized carbons (Fsp3) is 0.600. The summed E-state index contributed by atoms with van der Waals surface area (Å²) in [6.45, 7) is 3.90. The lowest BCUT2D eigenvalue weighted by Crippen LogP contribution is -2.43. The van der Waals surface area contributed by atoms with Crippen molar-refractivity contribution in [2.24, 2.45) is 10.4 Å². The number of rotatable bonds is 6. The molecule has 1 N–H and O–H groups in total. The molecule has 152 valence electrons. The van der Waals surface area contributed by atoms with E-state index >= 15 is 0 Å². The van der Waals surface area contributed by atoms with Gasteiger partial charge in [-0.05, 0) is 37.5 Å². The van der Waals surface area contributed by atoms with Crippen LogP contribution >= 0.6 is 24.0 Å². The number of amides is 1. The van der Waals surface area contributed by atoms with Crippen molar-refractivity contribution in [1.29, 1.82) is 0 Å². The monoisotopic (exact) mass is 490 g/mol. The van der Waals surface area contributed by atoms with E-state index in [1.807, 2.05) is 33.0 Å². The van der Waals surface area contributed by atoms with Crippen molar-refractivity contribution >= 4 is 35.8 Å². The summed E-state index contributed by atoms with van der Waals surface area (Å²) in [7, 11) is 5.59. The van der Waals surface area contributed by atoms with Crippen LogP contribution in [-0.4, -0.2) is 55.9 Å². The van der Waals surface area contributed by atoms with Gasteiger partial charge in [-0.25, -0.2) is 4.39 Å². The molecule has 7 heteroatoms. The van der Waals surface area contributed by atoms with Crippen molar-refractivity contribution in [1.82, 2.24) is 15.1 Å². The third kappa shape index (κ3) is 6.33. The lowest BCUT2D eigenvalue weighted by Gasteiger charge is -2.30. The maximum absolute atomic E-state index is 13.1. The van der Waals surface area contributed by atoms with Gasteiger partial charge in [-0.2, -0.15) is 0 Å². The minimum absolute atomic E-state index is 0. The normalized spacial score (nSPS) is 15.8. The van der Waals surface area contributed by atoms with E-state index in [-0.39, 0.29) is 41.1 Å².